The Morgan fingerprint density at radius 3 is 2.43 bits per heavy atom. The van der Waals surface area contributed by atoms with Gasteiger partial charge in [-0.1, -0.05) is 36.4 Å². The van der Waals surface area contributed by atoms with Crippen molar-refractivity contribution >= 4 is 16.7 Å². The average Bonchev–Trinajstić information content (AvgIpc) is 2.47. The zero-order chi connectivity index (χ0) is 15.2. The molecule has 0 aliphatic heterocycles. The lowest BCUT2D eigenvalue weighted by molar-refractivity contribution is -0.117. The van der Waals surface area contributed by atoms with Crippen LogP contribution in [0.5, 0.6) is 0 Å². The van der Waals surface area contributed by atoms with Crippen molar-refractivity contribution in [1.29, 1.82) is 0 Å². The number of hydrogen-bond acceptors (Lipinski definition) is 2. The molecule has 0 heterocycles. The Kier molecular flexibility index (Phi) is 5.22. The maximum absolute atomic E-state index is 13.0. The number of halogens is 1. The normalized spacial score (nSPS) is 12.0. The summed E-state index contributed by atoms with van der Waals surface area (Å²) in [4.78, 5) is 10.7. The van der Waals surface area contributed by atoms with E-state index in [0.717, 1.165) is 16.7 Å². The van der Waals surface area contributed by atoms with Crippen LogP contribution < -0.4 is 5.73 Å². The van der Waals surface area contributed by atoms with Gasteiger partial charge in [-0.15, -0.1) is 0 Å². The minimum Gasteiger partial charge on any atom is -0.370 e. The summed E-state index contributed by atoms with van der Waals surface area (Å²) in [5.41, 5.74) is 7.76. The van der Waals surface area contributed by atoms with Gasteiger partial charge in [-0.3, -0.25) is 9.00 Å². The van der Waals surface area contributed by atoms with Crippen LogP contribution in [0.15, 0.2) is 48.5 Å². The molecule has 0 aliphatic rings. The molecule has 0 aliphatic carbocycles. The van der Waals surface area contributed by atoms with E-state index < -0.39 is 16.7 Å². The first kappa shape index (κ1) is 15.4. The van der Waals surface area contributed by atoms with Gasteiger partial charge in [0, 0.05) is 28.7 Å². The molecule has 0 saturated heterocycles. The quantitative estimate of drug-likeness (QED) is 0.892. The fourth-order valence-electron chi connectivity index (χ4n) is 2.02. The Balaban J connectivity index is 2.19. The van der Waals surface area contributed by atoms with E-state index in [1.54, 1.807) is 12.1 Å². The highest BCUT2D eigenvalue weighted by atomic mass is 32.2. The minimum atomic E-state index is -1.15. The fourth-order valence-corrected chi connectivity index (χ4v) is 3.19. The molecule has 1 amide bonds. The summed E-state index contributed by atoms with van der Waals surface area (Å²) in [6.45, 7) is 0. The summed E-state index contributed by atoms with van der Waals surface area (Å²) >= 11 is 0. The van der Waals surface area contributed by atoms with E-state index in [0.29, 0.717) is 5.75 Å². The number of carbonyl (C=O) groups excluding carboxylic acids is 1. The first-order valence-corrected chi connectivity index (χ1v) is 8.02. The fraction of sp³-hybridized carbons (Fsp3) is 0.188. The van der Waals surface area contributed by atoms with Gasteiger partial charge in [-0.25, -0.2) is 4.39 Å². The van der Waals surface area contributed by atoms with Crippen LogP contribution in [0.4, 0.5) is 4.39 Å². The van der Waals surface area contributed by atoms with Crippen molar-refractivity contribution in [2.45, 2.75) is 12.2 Å². The van der Waals surface area contributed by atoms with Gasteiger partial charge >= 0.3 is 0 Å². The summed E-state index contributed by atoms with van der Waals surface area (Å²) in [6, 6.07) is 13.7. The number of rotatable bonds is 6. The molecule has 0 fully saturated rings. The lowest BCUT2D eigenvalue weighted by Gasteiger charge is -2.09. The standard InChI is InChI=1S/C16H16FNO2S/c17-14-7-5-12(6-8-14)15-4-2-1-3-13(15)11-21(20)10-9-16(18)19/h1-8H,9-11H2,(H2,18,19)/t21-/m0/s1. The number of benzene rings is 2. The first-order valence-electron chi connectivity index (χ1n) is 6.53. The van der Waals surface area contributed by atoms with Crippen LogP contribution in [0.2, 0.25) is 0 Å². The molecule has 2 aromatic rings. The van der Waals surface area contributed by atoms with E-state index in [1.165, 1.54) is 12.1 Å². The molecule has 0 unspecified atom stereocenters. The predicted molar refractivity (Wildman–Crippen MR) is 82.4 cm³/mol. The summed E-state index contributed by atoms with van der Waals surface area (Å²) in [5, 5.41) is 0. The van der Waals surface area contributed by atoms with E-state index in [9.17, 15) is 13.4 Å². The Hall–Kier alpha value is -2.01. The second-order valence-electron chi connectivity index (χ2n) is 4.67. The van der Waals surface area contributed by atoms with Crippen LogP contribution >= 0.6 is 0 Å². The molecule has 3 nitrogen and oxygen atoms in total. The Morgan fingerprint density at radius 2 is 1.76 bits per heavy atom. The Morgan fingerprint density at radius 1 is 1.10 bits per heavy atom. The van der Waals surface area contributed by atoms with Crippen LogP contribution in [0.3, 0.4) is 0 Å². The number of amides is 1. The summed E-state index contributed by atoms with van der Waals surface area (Å²) in [5.74, 6) is -0.134. The van der Waals surface area contributed by atoms with Gasteiger partial charge in [0.05, 0.1) is 0 Å². The topological polar surface area (TPSA) is 60.2 Å². The van der Waals surface area contributed by atoms with Crippen LogP contribution in [-0.2, 0) is 21.3 Å². The minimum absolute atomic E-state index is 0.116. The molecule has 1 atom stereocenters. The molecule has 110 valence electrons. The number of primary amides is 1. The van der Waals surface area contributed by atoms with Crippen LogP contribution in [0.1, 0.15) is 12.0 Å². The van der Waals surface area contributed by atoms with Crippen molar-refractivity contribution < 1.29 is 13.4 Å². The molecule has 5 heteroatoms. The highest BCUT2D eigenvalue weighted by Crippen LogP contribution is 2.25. The summed E-state index contributed by atoms with van der Waals surface area (Å²) in [6.07, 6.45) is 0.116. The van der Waals surface area contributed by atoms with E-state index in [2.05, 4.69) is 0 Å². The van der Waals surface area contributed by atoms with Crippen molar-refractivity contribution in [3.8, 4) is 11.1 Å². The van der Waals surface area contributed by atoms with E-state index in [1.807, 2.05) is 24.3 Å². The van der Waals surface area contributed by atoms with Gasteiger partial charge in [0.1, 0.15) is 5.82 Å². The molecular formula is C16H16FNO2S. The maximum atomic E-state index is 13.0. The van der Waals surface area contributed by atoms with Crippen LogP contribution in [0, 0.1) is 5.82 Å². The zero-order valence-electron chi connectivity index (χ0n) is 11.4. The maximum Gasteiger partial charge on any atom is 0.218 e. The molecular weight excluding hydrogens is 289 g/mol. The highest BCUT2D eigenvalue weighted by Gasteiger charge is 2.09. The molecule has 2 aromatic carbocycles. The third kappa shape index (κ3) is 4.49. The largest absolute Gasteiger partial charge is 0.370 e. The van der Waals surface area contributed by atoms with Crippen molar-refractivity contribution in [1.82, 2.24) is 0 Å². The molecule has 0 spiro atoms. The third-order valence-electron chi connectivity index (χ3n) is 3.07. The predicted octanol–water partition coefficient (Wildman–Crippen LogP) is 2.62. The average molecular weight is 305 g/mol. The van der Waals surface area contributed by atoms with Crippen molar-refractivity contribution in [2.24, 2.45) is 5.73 Å². The molecule has 2 rings (SSSR count). The molecule has 2 N–H and O–H groups in total. The zero-order valence-corrected chi connectivity index (χ0v) is 12.2. The molecule has 21 heavy (non-hydrogen) atoms. The van der Waals surface area contributed by atoms with E-state index in [-0.39, 0.29) is 18.0 Å². The third-order valence-corrected chi connectivity index (χ3v) is 4.36. The Labute approximate surface area is 125 Å². The molecule has 0 radical (unpaired) electrons. The van der Waals surface area contributed by atoms with E-state index >= 15 is 0 Å². The van der Waals surface area contributed by atoms with Gasteiger partial charge in [0.25, 0.3) is 0 Å². The van der Waals surface area contributed by atoms with Crippen LogP contribution in [0.25, 0.3) is 11.1 Å². The Bertz CT molecular complexity index is 656. The highest BCUT2D eigenvalue weighted by molar-refractivity contribution is 7.84. The van der Waals surface area contributed by atoms with Gasteiger partial charge in [-0.05, 0) is 28.8 Å². The van der Waals surface area contributed by atoms with Crippen LogP contribution in [-0.4, -0.2) is 15.9 Å². The number of hydrogen-bond donors (Lipinski definition) is 1. The second-order valence-corrected chi connectivity index (χ2v) is 6.25. The van der Waals surface area contributed by atoms with Crippen molar-refractivity contribution in [3.05, 3.63) is 59.9 Å². The molecule has 0 aromatic heterocycles. The van der Waals surface area contributed by atoms with Gasteiger partial charge in [-0.2, -0.15) is 0 Å². The number of carbonyl (C=O) groups is 1. The van der Waals surface area contributed by atoms with Gasteiger partial charge in [0.2, 0.25) is 5.91 Å². The first-order chi connectivity index (χ1) is 10.1. The second kappa shape index (κ2) is 7.13. The van der Waals surface area contributed by atoms with Crippen molar-refractivity contribution in [3.63, 3.8) is 0 Å². The lowest BCUT2D eigenvalue weighted by Crippen LogP contribution is -2.15. The lowest BCUT2D eigenvalue weighted by atomic mass is 10.0. The van der Waals surface area contributed by atoms with E-state index in [4.69, 9.17) is 5.73 Å². The SMILES string of the molecule is NC(=O)CC[S@](=O)Cc1ccccc1-c1ccc(F)cc1. The van der Waals surface area contributed by atoms with Gasteiger partial charge < -0.3 is 5.73 Å². The smallest absolute Gasteiger partial charge is 0.218 e. The summed E-state index contributed by atoms with van der Waals surface area (Å²) < 4.78 is 25.0. The van der Waals surface area contributed by atoms with Crippen molar-refractivity contribution in [2.75, 3.05) is 5.75 Å². The monoisotopic (exact) mass is 305 g/mol. The number of nitrogens with two attached hydrogens (primary N) is 1. The molecule has 0 saturated carbocycles. The summed E-state index contributed by atoms with van der Waals surface area (Å²) in [7, 11) is -1.15. The van der Waals surface area contributed by atoms with Gasteiger partial charge in [0.15, 0.2) is 0 Å². The molecule has 0 bridgehead atoms.